The van der Waals surface area contributed by atoms with Crippen molar-refractivity contribution >= 4 is 11.6 Å². The number of carbonyl (C=O) groups excluding carboxylic acids is 1. The van der Waals surface area contributed by atoms with Crippen LogP contribution in [0.3, 0.4) is 0 Å². The van der Waals surface area contributed by atoms with Gasteiger partial charge in [-0.15, -0.1) is 0 Å². The summed E-state index contributed by atoms with van der Waals surface area (Å²) in [6.45, 7) is 0. The molecule has 1 N–H and O–H groups in total. The second-order valence-electron chi connectivity index (χ2n) is 7.07. The van der Waals surface area contributed by atoms with Crippen molar-refractivity contribution in [2.75, 3.05) is 5.32 Å². The first-order chi connectivity index (χ1) is 16.0. The van der Waals surface area contributed by atoms with Gasteiger partial charge in [0.05, 0.1) is 23.8 Å². The lowest BCUT2D eigenvalue weighted by molar-refractivity contribution is -0.143. The van der Waals surface area contributed by atoms with Crippen molar-refractivity contribution in [2.24, 2.45) is 0 Å². The van der Waals surface area contributed by atoms with Gasteiger partial charge in [0.1, 0.15) is 0 Å². The molecule has 0 unspecified atom stereocenters. The van der Waals surface area contributed by atoms with Crippen molar-refractivity contribution < 1.29 is 40.1 Å². The Morgan fingerprint density at radius 3 is 2.21 bits per heavy atom. The molecule has 0 saturated heterocycles. The van der Waals surface area contributed by atoms with E-state index in [0.717, 1.165) is 0 Å². The Labute approximate surface area is 187 Å². The number of anilines is 1. The topological polar surface area (TPSA) is 81.2 Å². The van der Waals surface area contributed by atoms with Crippen LogP contribution < -0.4 is 5.32 Å². The monoisotopic (exact) mass is 481 g/mol. The number of alkyl halides is 6. The third-order valence-corrected chi connectivity index (χ3v) is 4.67. The molecular formula is C22H13F6N3O3. The van der Waals surface area contributed by atoms with E-state index in [1.165, 1.54) is 18.4 Å². The van der Waals surface area contributed by atoms with Gasteiger partial charge in [-0.2, -0.15) is 31.3 Å². The minimum absolute atomic E-state index is 0.0283. The highest BCUT2D eigenvalue weighted by Gasteiger charge is 2.37. The van der Waals surface area contributed by atoms with Crippen LogP contribution in [0.2, 0.25) is 0 Å². The first-order valence-corrected chi connectivity index (χ1v) is 9.56. The third-order valence-electron chi connectivity index (χ3n) is 4.67. The molecule has 0 atom stereocenters. The molecular weight excluding hydrogens is 468 g/mol. The highest BCUT2D eigenvalue weighted by Crippen LogP contribution is 2.36. The van der Waals surface area contributed by atoms with Gasteiger partial charge in [-0.25, -0.2) is 0 Å². The van der Waals surface area contributed by atoms with Gasteiger partial charge in [0.25, 0.3) is 5.91 Å². The molecule has 176 valence electrons. The van der Waals surface area contributed by atoms with Gasteiger partial charge in [0.15, 0.2) is 5.76 Å². The van der Waals surface area contributed by atoms with Crippen LogP contribution in [0.4, 0.5) is 32.0 Å². The normalized spacial score (nSPS) is 12.1. The second kappa shape index (κ2) is 8.69. The molecule has 1 amide bonds. The summed E-state index contributed by atoms with van der Waals surface area (Å²) in [6.07, 6.45) is -8.69. The molecule has 2 aromatic carbocycles. The molecule has 0 aliphatic carbocycles. The molecule has 0 saturated carbocycles. The number of para-hydroxylation sites is 1. The SMILES string of the molecule is O=C(Nc1ccccc1Cc1nc(-c2ccco2)no1)c1cc(C(F)(F)F)cc(C(F)(F)F)c1. The van der Waals surface area contributed by atoms with Crippen LogP contribution in [0.25, 0.3) is 11.6 Å². The minimum atomic E-state index is -5.07. The van der Waals surface area contributed by atoms with E-state index in [-0.39, 0.29) is 29.9 Å². The Morgan fingerprint density at radius 1 is 0.912 bits per heavy atom. The number of carbonyl (C=O) groups is 1. The fourth-order valence-corrected chi connectivity index (χ4v) is 3.07. The second-order valence-corrected chi connectivity index (χ2v) is 7.07. The molecule has 0 spiro atoms. The first kappa shape index (κ1) is 23.1. The summed E-state index contributed by atoms with van der Waals surface area (Å²) in [5, 5.41) is 6.13. The van der Waals surface area contributed by atoms with Gasteiger partial charge in [-0.3, -0.25) is 4.79 Å². The maximum Gasteiger partial charge on any atom is 0.416 e. The number of hydrogen-bond acceptors (Lipinski definition) is 5. The van der Waals surface area contributed by atoms with Crippen molar-refractivity contribution in [3.63, 3.8) is 0 Å². The van der Waals surface area contributed by atoms with Gasteiger partial charge in [0.2, 0.25) is 11.7 Å². The predicted molar refractivity (Wildman–Crippen MR) is 106 cm³/mol. The Morgan fingerprint density at radius 2 is 1.59 bits per heavy atom. The van der Waals surface area contributed by atoms with Crippen LogP contribution in [0.1, 0.15) is 32.9 Å². The van der Waals surface area contributed by atoms with E-state index in [9.17, 15) is 31.1 Å². The molecule has 0 bridgehead atoms. The highest BCUT2D eigenvalue weighted by atomic mass is 19.4. The largest absolute Gasteiger partial charge is 0.461 e. The fourth-order valence-electron chi connectivity index (χ4n) is 3.07. The van der Waals surface area contributed by atoms with Gasteiger partial charge in [-0.05, 0) is 42.0 Å². The summed E-state index contributed by atoms with van der Waals surface area (Å²) < 4.78 is 89.0. The standard InChI is InChI=1S/C22H13F6N3O3/c23-21(24,25)14-8-13(9-15(11-14)22(26,27)28)20(32)29-16-5-2-1-4-12(16)10-18-30-19(31-34-18)17-6-3-7-33-17/h1-9,11H,10H2,(H,29,32). The van der Waals surface area contributed by atoms with E-state index in [2.05, 4.69) is 15.5 Å². The average Bonchev–Trinajstić information content (AvgIpc) is 3.45. The Hall–Kier alpha value is -4.09. The number of aromatic nitrogens is 2. The van der Waals surface area contributed by atoms with E-state index in [4.69, 9.17) is 8.94 Å². The number of nitrogens with zero attached hydrogens (tertiary/aromatic N) is 2. The van der Waals surface area contributed by atoms with E-state index in [1.807, 2.05) is 0 Å². The Kier molecular flexibility index (Phi) is 5.90. The smallest absolute Gasteiger partial charge is 0.416 e. The lowest BCUT2D eigenvalue weighted by atomic mass is 10.0. The molecule has 4 aromatic rings. The number of rotatable bonds is 5. The van der Waals surface area contributed by atoms with Crippen LogP contribution in [0, 0.1) is 0 Å². The van der Waals surface area contributed by atoms with Crippen LogP contribution >= 0.6 is 0 Å². The maximum atomic E-state index is 13.1. The molecule has 0 fully saturated rings. The van der Waals surface area contributed by atoms with Crippen molar-refractivity contribution in [1.82, 2.24) is 10.1 Å². The van der Waals surface area contributed by atoms with Gasteiger partial charge < -0.3 is 14.3 Å². The molecule has 4 rings (SSSR count). The highest BCUT2D eigenvalue weighted by molar-refractivity contribution is 6.05. The molecule has 34 heavy (non-hydrogen) atoms. The lowest BCUT2D eigenvalue weighted by Gasteiger charge is -2.15. The minimum Gasteiger partial charge on any atom is -0.461 e. The Balaban J connectivity index is 1.60. The number of hydrogen-bond donors (Lipinski definition) is 1. The summed E-state index contributed by atoms with van der Waals surface area (Å²) in [6, 6.07) is 10.1. The van der Waals surface area contributed by atoms with Crippen molar-refractivity contribution in [3.8, 4) is 11.6 Å². The molecule has 12 heteroatoms. The van der Waals surface area contributed by atoms with Crippen molar-refractivity contribution in [2.45, 2.75) is 18.8 Å². The third kappa shape index (κ3) is 5.11. The summed E-state index contributed by atoms with van der Waals surface area (Å²) in [7, 11) is 0. The summed E-state index contributed by atoms with van der Waals surface area (Å²) in [4.78, 5) is 16.8. The van der Waals surface area contributed by atoms with E-state index in [1.54, 1.807) is 24.3 Å². The fraction of sp³-hybridized carbons (Fsp3) is 0.136. The van der Waals surface area contributed by atoms with Gasteiger partial charge >= 0.3 is 12.4 Å². The first-order valence-electron chi connectivity index (χ1n) is 9.56. The number of halogens is 6. The van der Waals surface area contributed by atoms with Crippen LogP contribution in [0.5, 0.6) is 0 Å². The Bertz CT molecular complexity index is 1280. The predicted octanol–water partition coefficient (Wildman–Crippen LogP) is 6.21. The molecule has 0 aliphatic heterocycles. The van der Waals surface area contributed by atoms with E-state index >= 15 is 0 Å². The molecule has 2 heterocycles. The summed E-state index contributed by atoms with van der Waals surface area (Å²) in [5.74, 6) is -0.454. The number of benzene rings is 2. The van der Waals surface area contributed by atoms with Crippen molar-refractivity contribution in [3.05, 3.63) is 89.0 Å². The summed E-state index contributed by atoms with van der Waals surface area (Å²) >= 11 is 0. The van der Waals surface area contributed by atoms with Gasteiger partial charge in [0, 0.05) is 11.3 Å². The van der Waals surface area contributed by atoms with Crippen molar-refractivity contribution in [1.29, 1.82) is 0 Å². The van der Waals surface area contributed by atoms with E-state index in [0.29, 0.717) is 23.5 Å². The molecule has 0 radical (unpaired) electrons. The molecule has 0 aliphatic rings. The zero-order chi connectivity index (χ0) is 24.5. The zero-order valence-corrected chi connectivity index (χ0v) is 16.9. The van der Waals surface area contributed by atoms with Gasteiger partial charge in [-0.1, -0.05) is 23.4 Å². The van der Waals surface area contributed by atoms with Crippen LogP contribution in [-0.4, -0.2) is 16.0 Å². The quantitative estimate of drug-likeness (QED) is 0.343. The van der Waals surface area contributed by atoms with E-state index < -0.39 is 35.0 Å². The maximum absolute atomic E-state index is 13.1. The van der Waals surface area contributed by atoms with Crippen LogP contribution in [-0.2, 0) is 18.8 Å². The molecule has 6 nitrogen and oxygen atoms in total. The number of furan rings is 1. The number of amides is 1. The van der Waals surface area contributed by atoms with Crippen LogP contribution in [0.15, 0.2) is 69.8 Å². The average molecular weight is 481 g/mol. The zero-order valence-electron chi connectivity index (χ0n) is 16.9. The summed E-state index contributed by atoms with van der Waals surface area (Å²) in [5.41, 5.74) is -3.38. The lowest BCUT2D eigenvalue weighted by Crippen LogP contribution is -2.18. The molecule has 2 aromatic heterocycles. The number of nitrogens with one attached hydrogen (secondary N) is 1.